The lowest BCUT2D eigenvalue weighted by Gasteiger charge is -1.97. The molecule has 0 bridgehead atoms. The van der Waals surface area contributed by atoms with Gasteiger partial charge in [0.2, 0.25) is 0 Å². The third-order valence-electron chi connectivity index (χ3n) is 2.39. The molecule has 2 rings (SSSR count). The Morgan fingerprint density at radius 2 is 2.18 bits per heavy atom. The molecular formula is C10H11Cl. The van der Waals surface area contributed by atoms with E-state index in [4.69, 9.17) is 11.6 Å². The summed E-state index contributed by atoms with van der Waals surface area (Å²) in [6, 6.07) is 8.20. The molecule has 0 nitrogen and oxygen atoms in total. The Morgan fingerprint density at radius 3 is 2.73 bits per heavy atom. The van der Waals surface area contributed by atoms with E-state index in [1.807, 2.05) is 12.1 Å². The monoisotopic (exact) mass is 166 g/mol. The molecule has 0 saturated heterocycles. The second-order valence-electron chi connectivity index (χ2n) is 3.37. The van der Waals surface area contributed by atoms with E-state index in [0.29, 0.717) is 0 Å². The molecule has 58 valence electrons. The highest BCUT2D eigenvalue weighted by molar-refractivity contribution is 6.30. The van der Waals surface area contributed by atoms with Gasteiger partial charge in [0.25, 0.3) is 0 Å². The second kappa shape index (κ2) is 2.53. The lowest BCUT2D eigenvalue weighted by Crippen LogP contribution is -1.79. The highest BCUT2D eigenvalue weighted by Gasteiger charge is 2.33. The molecule has 1 aromatic rings. The van der Waals surface area contributed by atoms with E-state index in [9.17, 15) is 0 Å². The van der Waals surface area contributed by atoms with Gasteiger partial charge in [-0.1, -0.05) is 30.7 Å². The lowest BCUT2D eigenvalue weighted by atomic mass is 10.1. The summed E-state index contributed by atoms with van der Waals surface area (Å²) >= 11 is 5.86. The van der Waals surface area contributed by atoms with Crippen LogP contribution in [0.5, 0.6) is 0 Å². The van der Waals surface area contributed by atoms with Crippen molar-refractivity contribution in [2.24, 2.45) is 5.92 Å². The van der Waals surface area contributed by atoms with Gasteiger partial charge in [0.15, 0.2) is 0 Å². The zero-order valence-electron chi connectivity index (χ0n) is 6.55. The number of benzene rings is 1. The Labute approximate surface area is 72.2 Å². The predicted octanol–water partition coefficient (Wildman–Crippen LogP) is 3.46. The smallest absolute Gasteiger partial charge is 0.0408 e. The van der Waals surface area contributed by atoms with Crippen molar-refractivity contribution in [3.8, 4) is 0 Å². The van der Waals surface area contributed by atoms with Gasteiger partial charge >= 0.3 is 0 Å². The zero-order valence-corrected chi connectivity index (χ0v) is 7.31. The second-order valence-corrected chi connectivity index (χ2v) is 3.81. The molecule has 0 radical (unpaired) electrons. The maximum Gasteiger partial charge on any atom is 0.0408 e. The van der Waals surface area contributed by atoms with Crippen LogP contribution in [0.25, 0.3) is 0 Å². The predicted molar refractivity (Wildman–Crippen MR) is 48.0 cm³/mol. The van der Waals surface area contributed by atoms with Crippen molar-refractivity contribution >= 4 is 11.6 Å². The first-order chi connectivity index (χ1) is 5.27. The normalized spacial score (nSPS) is 28.5. The summed E-state index contributed by atoms with van der Waals surface area (Å²) in [5.74, 6) is 1.65. The van der Waals surface area contributed by atoms with Crippen LogP contribution in [0.15, 0.2) is 24.3 Å². The fraction of sp³-hybridized carbons (Fsp3) is 0.400. The molecule has 1 fully saturated rings. The van der Waals surface area contributed by atoms with Crippen molar-refractivity contribution in [3.63, 3.8) is 0 Å². The van der Waals surface area contributed by atoms with Crippen LogP contribution >= 0.6 is 11.6 Å². The number of hydrogen-bond donors (Lipinski definition) is 0. The molecule has 1 saturated carbocycles. The van der Waals surface area contributed by atoms with Crippen molar-refractivity contribution < 1.29 is 0 Å². The molecule has 1 heteroatoms. The average molecular weight is 167 g/mol. The Hall–Kier alpha value is -0.490. The Kier molecular flexibility index (Phi) is 1.65. The van der Waals surface area contributed by atoms with Crippen LogP contribution in [-0.4, -0.2) is 0 Å². The Morgan fingerprint density at radius 1 is 1.45 bits per heavy atom. The third kappa shape index (κ3) is 1.41. The summed E-state index contributed by atoms with van der Waals surface area (Å²) in [6.07, 6.45) is 1.33. The molecule has 1 aliphatic rings. The quantitative estimate of drug-likeness (QED) is 0.600. The van der Waals surface area contributed by atoms with Crippen molar-refractivity contribution in [1.29, 1.82) is 0 Å². The summed E-state index contributed by atoms with van der Waals surface area (Å²) in [6.45, 7) is 2.28. The summed E-state index contributed by atoms with van der Waals surface area (Å²) in [7, 11) is 0. The summed E-state index contributed by atoms with van der Waals surface area (Å²) in [5, 5.41) is 0.863. The first kappa shape index (κ1) is 7.17. The van der Waals surface area contributed by atoms with Gasteiger partial charge in [0.05, 0.1) is 0 Å². The minimum Gasteiger partial charge on any atom is -0.0843 e. The molecule has 0 aromatic heterocycles. The molecule has 0 amide bonds. The van der Waals surface area contributed by atoms with Crippen LogP contribution in [0.3, 0.4) is 0 Å². The minimum atomic E-state index is 0.786. The molecule has 0 heterocycles. The standard InChI is InChI=1S/C10H11Cl/c1-7-5-10(7)8-3-2-4-9(11)6-8/h2-4,6-7,10H,5H2,1H3. The third-order valence-corrected chi connectivity index (χ3v) is 2.62. The summed E-state index contributed by atoms with van der Waals surface area (Å²) in [4.78, 5) is 0. The topological polar surface area (TPSA) is 0 Å². The number of hydrogen-bond acceptors (Lipinski definition) is 0. The van der Waals surface area contributed by atoms with E-state index >= 15 is 0 Å². The van der Waals surface area contributed by atoms with Crippen LogP contribution < -0.4 is 0 Å². The van der Waals surface area contributed by atoms with Crippen LogP contribution in [0, 0.1) is 5.92 Å². The maximum atomic E-state index is 5.86. The van der Waals surface area contributed by atoms with Crippen LogP contribution in [0.4, 0.5) is 0 Å². The van der Waals surface area contributed by atoms with Crippen molar-refractivity contribution in [3.05, 3.63) is 34.9 Å². The average Bonchev–Trinajstić information content (AvgIpc) is 2.67. The van der Waals surface area contributed by atoms with Crippen LogP contribution in [0.1, 0.15) is 24.8 Å². The molecule has 2 unspecified atom stereocenters. The SMILES string of the molecule is CC1CC1c1cccc(Cl)c1. The summed E-state index contributed by atoms with van der Waals surface area (Å²) in [5.41, 5.74) is 1.41. The van der Waals surface area contributed by atoms with E-state index in [1.165, 1.54) is 12.0 Å². The molecular weight excluding hydrogens is 156 g/mol. The molecule has 1 aliphatic carbocycles. The van der Waals surface area contributed by atoms with Crippen molar-refractivity contribution in [1.82, 2.24) is 0 Å². The number of rotatable bonds is 1. The van der Waals surface area contributed by atoms with Gasteiger partial charge in [-0.25, -0.2) is 0 Å². The number of halogens is 1. The van der Waals surface area contributed by atoms with E-state index < -0.39 is 0 Å². The highest BCUT2D eigenvalue weighted by Crippen LogP contribution is 2.47. The Balaban J connectivity index is 2.25. The fourth-order valence-corrected chi connectivity index (χ4v) is 1.72. The first-order valence-corrected chi connectivity index (χ1v) is 4.40. The minimum absolute atomic E-state index is 0.786. The van der Waals surface area contributed by atoms with Gasteiger partial charge < -0.3 is 0 Å². The van der Waals surface area contributed by atoms with Crippen molar-refractivity contribution in [2.45, 2.75) is 19.3 Å². The van der Waals surface area contributed by atoms with Gasteiger partial charge in [-0.3, -0.25) is 0 Å². The van der Waals surface area contributed by atoms with E-state index in [-0.39, 0.29) is 0 Å². The highest BCUT2D eigenvalue weighted by atomic mass is 35.5. The zero-order chi connectivity index (χ0) is 7.84. The van der Waals surface area contributed by atoms with Crippen LogP contribution in [-0.2, 0) is 0 Å². The van der Waals surface area contributed by atoms with E-state index in [2.05, 4.69) is 19.1 Å². The van der Waals surface area contributed by atoms with E-state index in [1.54, 1.807) is 0 Å². The molecule has 0 N–H and O–H groups in total. The molecule has 1 aromatic carbocycles. The largest absolute Gasteiger partial charge is 0.0843 e. The maximum absolute atomic E-state index is 5.86. The van der Waals surface area contributed by atoms with Gasteiger partial charge in [0, 0.05) is 5.02 Å². The molecule has 0 spiro atoms. The van der Waals surface area contributed by atoms with Gasteiger partial charge in [0.1, 0.15) is 0 Å². The Bertz CT molecular complexity index is 267. The van der Waals surface area contributed by atoms with Gasteiger partial charge in [-0.2, -0.15) is 0 Å². The van der Waals surface area contributed by atoms with Crippen molar-refractivity contribution in [2.75, 3.05) is 0 Å². The first-order valence-electron chi connectivity index (χ1n) is 4.03. The van der Waals surface area contributed by atoms with Crippen LogP contribution in [0.2, 0.25) is 5.02 Å². The van der Waals surface area contributed by atoms with Gasteiger partial charge in [-0.05, 0) is 36.0 Å². The molecule has 0 aliphatic heterocycles. The fourth-order valence-electron chi connectivity index (χ4n) is 1.52. The molecule has 11 heavy (non-hydrogen) atoms. The lowest BCUT2D eigenvalue weighted by molar-refractivity contribution is 0.915. The molecule has 2 atom stereocenters. The van der Waals surface area contributed by atoms with Gasteiger partial charge in [-0.15, -0.1) is 0 Å². The van der Waals surface area contributed by atoms with E-state index in [0.717, 1.165) is 16.9 Å². The summed E-state index contributed by atoms with van der Waals surface area (Å²) < 4.78 is 0.